The maximum Gasteiger partial charge on any atom is 0.311 e. The standard InChI is InChI=1S/C38H67NO12/c1-15-27-36(8,44)17-20(2)29(40)21(3)18-38(10,46-14)33(51-35-30(41)26(39(11)12)16-22(4)47-35)23(5)31(24(6)34(43)49-27)50-28-19-37(9,45-13)32(42)25(7)48-28/h17,21-28,30-33,35,41-42,44H,15-16,18-19H2,1-14H3/t21-,22?,23+,24-,25?,26?,27-,28?,30?,31+,32?,33-,35?,36+,37?,38-/m1/s1. The number of carbonyl (C=O) groups is 2. The number of likely N-dealkylation sites (N-methyl/N-ethyl adjacent to an activating group) is 1. The summed E-state index contributed by atoms with van der Waals surface area (Å²) in [5.41, 5.74) is -3.50. The molecule has 13 heteroatoms. The fraction of sp³-hybridized carbons (Fsp3) is 0.895. The van der Waals surface area contributed by atoms with Gasteiger partial charge in [0.05, 0.1) is 41.5 Å². The number of hydrogen-bond donors (Lipinski definition) is 3. The second-order valence-electron chi connectivity index (χ2n) is 16.2. The number of cyclic esters (lactones) is 1. The van der Waals surface area contributed by atoms with Crippen molar-refractivity contribution in [3.63, 3.8) is 0 Å². The first-order valence-electron chi connectivity index (χ1n) is 18.5. The van der Waals surface area contributed by atoms with Gasteiger partial charge in [-0.05, 0) is 93.5 Å². The van der Waals surface area contributed by atoms with Crippen LogP contribution in [-0.4, -0.2) is 138 Å². The van der Waals surface area contributed by atoms with Crippen LogP contribution in [0.5, 0.6) is 0 Å². The van der Waals surface area contributed by atoms with E-state index in [9.17, 15) is 24.9 Å². The zero-order chi connectivity index (χ0) is 38.8. The lowest BCUT2D eigenvalue weighted by Crippen LogP contribution is -2.61. The molecule has 8 unspecified atom stereocenters. The Morgan fingerprint density at radius 3 is 2.10 bits per heavy atom. The Labute approximate surface area is 305 Å². The molecular formula is C38H67NO12. The summed E-state index contributed by atoms with van der Waals surface area (Å²) in [6, 6.07) is -0.260. The Kier molecular flexibility index (Phi) is 14.9. The Balaban J connectivity index is 2.22. The van der Waals surface area contributed by atoms with Gasteiger partial charge in [-0.3, -0.25) is 9.59 Å². The van der Waals surface area contributed by atoms with Gasteiger partial charge in [0.25, 0.3) is 0 Å². The molecule has 2 fully saturated rings. The van der Waals surface area contributed by atoms with Gasteiger partial charge < -0.3 is 53.4 Å². The van der Waals surface area contributed by atoms with E-state index in [1.165, 1.54) is 27.2 Å². The minimum absolute atomic E-state index is 0.154. The van der Waals surface area contributed by atoms with Gasteiger partial charge in [-0.2, -0.15) is 0 Å². The average Bonchev–Trinajstić information content (AvgIpc) is 3.06. The number of allylic oxidation sites excluding steroid dienone is 1. The number of methoxy groups -OCH3 is 2. The molecule has 0 radical (unpaired) electrons. The van der Waals surface area contributed by atoms with E-state index in [1.54, 1.807) is 41.5 Å². The lowest BCUT2D eigenvalue weighted by molar-refractivity contribution is -0.319. The van der Waals surface area contributed by atoms with Crippen LogP contribution in [0.25, 0.3) is 0 Å². The van der Waals surface area contributed by atoms with E-state index < -0.39 is 89.7 Å². The van der Waals surface area contributed by atoms with Crippen LogP contribution in [-0.2, 0) is 42.7 Å². The fourth-order valence-electron chi connectivity index (χ4n) is 8.27. The van der Waals surface area contributed by atoms with Gasteiger partial charge in [-0.1, -0.05) is 20.8 Å². The molecule has 0 aromatic heterocycles. The summed E-state index contributed by atoms with van der Waals surface area (Å²) < 4.78 is 44.0. The molecule has 51 heavy (non-hydrogen) atoms. The third kappa shape index (κ3) is 9.78. The van der Waals surface area contributed by atoms with Crippen molar-refractivity contribution in [1.29, 1.82) is 0 Å². The molecule has 2 saturated heterocycles. The van der Waals surface area contributed by atoms with E-state index in [2.05, 4.69) is 0 Å². The minimum Gasteiger partial charge on any atom is -0.459 e. The SMILES string of the molecule is CC[C@H]1OC(=O)[C@H](C)[C@@H](OC2CC(C)(OC)C(O)C(C)O2)[C@H](C)[C@@H](OC2OC(C)CC(N(C)C)C2O)[C@](C)(OC)C[C@@H](C)C(=O)C(C)=C[C@]1(C)O. The third-order valence-corrected chi connectivity index (χ3v) is 11.6. The number of esters is 1. The molecule has 13 nitrogen and oxygen atoms in total. The number of carbonyl (C=O) groups excluding carboxylic acids is 2. The smallest absolute Gasteiger partial charge is 0.311 e. The van der Waals surface area contributed by atoms with Gasteiger partial charge in [0.1, 0.15) is 23.9 Å². The van der Waals surface area contributed by atoms with E-state index in [0.29, 0.717) is 12.0 Å². The molecule has 3 aliphatic rings. The summed E-state index contributed by atoms with van der Waals surface area (Å²) in [5, 5.41) is 34.0. The van der Waals surface area contributed by atoms with Gasteiger partial charge in [0.15, 0.2) is 18.4 Å². The Morgan fingerprint density at radius 2 is 1.55 bits per heavy atom. The Hall–Kier alpha value is -1.52. The molecule has 0 aliphatic carbocycles. The van der Waals surface area contributed by atoms with E-state index in [0.717, 1.165) is 0 Å². The fourth-order valence-corrected chi connectivity index (χ4v) is 8.27. The third-order valence-electron chi connectivity index (χ3n) is 11.6. The summed E-state index contributed by atoms with van der Waals surface area (Å²) in [7, 11) is 6.84. The van der Waals surface area contributed by atoms with Crippen LogP contribution in [0.1, 0.15) is 94.9 Å². The van der Waals surface area contributed by atoms with Crippen LogP contribution in [0.15, 0.2) is 11.6 Å². The van der Waals surface area contributed by atoms with Gasteiger partial charge in [-0.25, -0.2) is 0 Å². The first kappa shape index (κ1) is 43.9. The van der Waals surface area contributed by atoms with Crippen molar-refractivity contribution in [1.82, 2.24) is 4.90 Å². The van der Waals surface area contributed by atoms with Gasteiger partial charge in [-0.15, -0.1) is 0 Å². The number of nitrogens with zero attached hydrogens (tertiary/aromatic N) is 1. The average molecular weight is 730 g/mol. The normalized spacial score (nSPS) is 46.7. The van der Waals surface area contributed by atoms with Crippen LogP contribution in [0.3, 0.4) is 0 Å². The highest BCUT2D eigenvalue weighted by Crippen LogP contribution is 2.41. The summed E-state index contributed by atoms with van der Waals surface area (Å²) in [6.45, 7) is 17.6. The molecule has 3 heterocycles. The van der Waals surface area contributed by atoms with E-state index in [-0.39, 0.29) is 37.2 Å². The van der Waals surface area contributed by atoms with Crippen LogP contribution in [0.4, 0.5) is 0 Å². The van der Waals surface area contributed by atoms with Gasteiger partial charge >= 0.3 is 5.97 Å². The topological polar surface area (TPSA) is 163 Å². The first-order chi connectivity index (χ1) is 23.5. The molecule has 3 aliphatic heterocycles. The maximum atomic E-state index is 14.1. The van der Waals surface area contributed by atoms with E-state index >= 15 is 0 Å². The Morgan fingerprint density at radius 1 is 0.941 bits per heavy atom. The number of rotatable bonds is 8. The first-order valence-corrected chi connectivity index (χ1v) is 18.5. The van der Waals surface area contributed by atoms with Crippen molar-refractivity contribution in [2.24, 2.45) is 17.8 Å². The second-order valence-corrected chi connectivity index (χ2v) is 16.2. The predicted molar refractivity (Wildman–Crippen MR) is 190 cm³/mol. The number of Topliss-reactive ketones (excluding diaryl/α,β-unsaturated/α-hetero) is 1. The van der Waals surface area contributed by atoms with Crippen LogP contribution >= 0.6 is 0 Å². The number of ether oxygens (including phenoxy) is 7. The molecular weight excluding hydrogens is 662 g/mol. The second kappa shape index (κ2) is 17.3. The lowest BCUT2D eigenvalue weighted by atomic mass is 9.76. The monoisotopic (exact) mass is 729 g/mol. The number of aliphatic hydroxyl groups is 3. The molecule has 3 rings (SSSR count). The largest absolute Gasteiger partial charge is 0.459 e. The number of aliphatic hydroxyl groups excluding tert-OH is 2. The summed E-state index contributed by atoms with van der Waals surface area (Å²) >= 11 is 0. The molecule has 3 N–H and O–H groups in total. The quantitative estimate of drug-likeness (QED) is 0.312. The van der Waals surface area contributed by atoms with E-state index in [1.807, 2.05) is 39.8 Å². The van der Waals surface area contributed by atoms with E-state index in [4.69, 9.17) is 33.2 Å². The molecule has 0 amide bonds. The summed E-state index contributed by atoms with van der Waals surface area (Å²) in [4.78, 5) is 29.9. The van der Waals surface area contributed by atoms with Crippen molar-refractivity contribution in [2.75, 3.05) is 28.3 Å². The number of ketones is 1. The highest BCUT2D eigenvalue weighted by atomic mass is 16.7. The van der Waals surface area contributed by atoms with Crippen LogP contribution < -0.4 is 0 Å². The zero-order valence-corrected chi connectivity index (χ0v) is 33.4. The zero-order valence-electron chi connectivity index (χ0n) is 33.4. The van der Waals surface area contributed by atoms with Crippen molar-refractivity contribution in [3.8, 4) is 0 Å². The maximum absolute atomic E-state index is 14.1. The molecule has 0 bridgehead atoms. The van der Waals surface area contributed by atoms with Crippen molar-refractivity contribution in [2.45, 2.75) is 173 Å². The highest BCUT2D eigenvalue weighted by molar-refractivity contribution is 5.96. The lowest BCUT2D eigenvalue weighted by Gasteiger charge is -2.49. The van der Waals surface area contributed by atoms with Crippen LogP contribution in [0.2, 0.25) is 0 Å². The van der Waals surface area contributed by atoms with Crippen LogP contribution in [0, 0.1) is 17.8 Å². The van der Waals surface area contributed by atoms with Crippen molar-refractivity contribution < 1.29 is 58.1 Å². The van der Waals surface area contributed by atoms with Crippen molar-refractivity contribution >= 4 is 11.8 Å². The molecule has 0 saturated carbocycles. The van der Waals surface area contributed by atoms with Gasteiger partial charge in [0.2, 0.25) is 0 Å². The number of hydrogen-bond acceptors (Lipinski definition) is 13. The van der Waals surface area contributed by atoms with Gasteiger partial charge in [0, 0.05) is 38.5 Å². The molecule has 16 atom stereocenters. The summed E-state index contributed by atoms with van der Waals surface area (Å²) in [5.74, 6) is -3.03. The minimum atomic E-state index is -1.64. The molecule has 296 valence electrons. The molecule has 0 aromatic rings. The Bertz CT molecular complexity index is 1210. The molecule has 0 spiro atoms. The highest BCUT2D eigenvalue weighted by Gasteiger charge is 2.52. The predicted octanol–water partition coefficient (Wildman–Crippen LogP) is 3.39. The molecule has 0 aromatic carbocycles. The summed E-state index contributed by atoms with van der Waals surface area (Å²) in [6.07, 6.45) is -4.99. The van der Waals surface area contributed by atoms with Crippen molar-refractivity contribution in [3.05, 3.63) is 11.6 Å².